The fourth-order valence-electron chi connectivity index (χ4n) is 1.94. The van der Waals surface area contributed by atoms with Crippen LogP contribution in [0.2, 0.25) is 0 Å². The molecule has 2 aromatic rings. The van der Waals surface area contributed by atoms with Crippen molar-refractivity contribution in [1.82, 2.24) is 9.78 Å². The van der Waals surface area contributed by atoms with Crippen LogP contribution in [-0.4, -0.2) is 9.78 Å². The molecule has 1 heterocycles. The molecule has 1 aromatic heterocycles. The molecule has 96 valence electrons. The topological polar surface area (TPSA) is 63.8 Å². The first-order valence-electron chi connectivity index (χ1n) is 5.84. The molecule has 0 spiro atoms. The first kappa shape index (κ1) is 12.6. The minimum atomic E-state index is -0.332. The van der Waals surface area contributed by atoms with E-state index in [4.69, 9.17) is 5.73 Å². The van der Waals surface area contributed by atoms with Gasteiger partial charge >= 0.3 is 0 Å². The molecule has 0 radical (unpaired) electrons. The number of aromatic nitrogens is 2. The Balaban J connectivity index is 2.59. The van der Waals surface area contributed by atoms with Crippen LogP contribution in [0.15, 0.2) is 29.1 Å². The fourth-order valence-corrected chi connectivity index (χ4v) is 1.94. The van der Waals surface area contributed by atoms with Crippen LogP contribution in [0.25, 0.3) is 5.69 Å². The number of nitrogens with one attached hydrogen (secondary N) is 1. The van der Waals surface area contributed by atoms with Gasteiger partial charge in [0.2, 0.25) is 0 Å². The van der Waals surface area contributed by atoms with Gasteiger partial charge in [-0.25, -0.2) is 9.07 Å². The van der Waals surface area contributed by atoms with Crippen molar-refractivity contribution in [2.75, 3.05) is 0 Å². The molecule has 0 aliphatic rings. The molecule has 0 aliphatic carbocycles. The van der Waals surface area contributed by atoms with E-state index in [9.17, 15) is 9.18 Å². The Labute approximate surface area is 104 Å². The molecule has 0 unspecified atom stereocenters. The number of nitrogens with two attached hydrogens (primary N) is 1. The summed E-state index contributed by atoms with van der Waals surface area (Å²) in [6.45, 7) is 4.16. The van der Waals surface area contributed by atoms with Crippen molar-refractivity contribution in [3.05, 3.63) is 51.7 Å². The van der Waals surface area contributed by atoms with E-state index in [1.54, 1.807) is 12.1 Å². The average Bonchev–Trinajstić information content (AvgIpc) is 2.67. The maximum Gasteiger partial charge on any atom is 0.275 e. The lowest BCUT2D eigenvalue weighted by molar-refractivity contribution is 0.626. The minimum Gasteiger partial charge on any atom is -0.326 e. The van der Waals surface area contributed by atoms with E-state index in [0.29, 0.717) is 11.3 Å². The second kappa shape index (κ2) is 4.78. The van der Waals surface area contributed by atoms with Crippen molar-refractivity contribution in [1.29, 1.82) is 0 Å². The van der Waals surface area contributed by atoms with Crippen molar-refractivity contribution in [2.24, 2.45) is 5.73 Å². The maximum atomic E-state index is 12.9. The molecule has 1 aromatic carbocycles. The van der Waals surface area contributed by atoms with Gasteiger partial charge in [-0.05, 0) is 30.2 Å². The molecule has 5 heteroatoms. The van der Waals surface area contributed by atoms with E-state index in [1.165, 1.54) is 16.8 Å². The van der Waals surface area contributed by atoms with Gasteiger partial charge in [0.1, 0.15) is 5.82 Å². The average molecular weight is 249 g/mol. The van der Waals surface area contributed by atoms with Gasteiger partial charge in [-0.2, -0.15) is 0 Å². The van der Waals surface area contributed by atoms with E-state index in [-0.39, 0.29) is 23.8 Å². The molecule has 18 heavy (non-hydrogen) atoms. The zero-order valence-corrected chi connectivity index (χ0v) is 10.4. The molecule has 0 saturated carbocycles. The van der Waals surface area contributed by atoms with E-state index < -0.39 is 0 Å². The summed E-state index contributed by atoms with van der Waals surface area (Å²) in [6.07, 6.45) is 0. The summed E-state index contributed by atoms with van der Waals surface area (Å²) in [4.78, 5) is 12.2. The number of aromatic amines is 1. The zero-order chi connectivity index (χ0) is 13.3. The molecule has 2 rings (SSSR count). The van der Waals surface area contributed by atoms with Crippen LogP contribution in [0, 0.1) is 5.82 Å². The van der Waals surface area contributed by atoms with E-state index >= 15 is 0 Å². The summed E-state index contributed by atoms with van der Waals surface area (Å²) in [6, 6.07) is 5.74. The lowest BCUT2D eigenvalue weighted by atomic mass is 10.1. The summed E-state index contributed by atoms with van der Waals surface area (Å²) >= 11 is 0. The van der Waals surface area contributed by atoms with E-state index in [0.717, 1.165) is 5.69 Å². The van der Waals surface area contributed by atoms with Gasteiger partial charge in [-0.1, -0.05) is 13.8 Å². The van der Waals surface area contributed by atoms with Crippen LogP contribution < -0.4 is 11.3 Å². The maximum absolute atomic E-state index is 12.9. The Hall–Kier alpha value is -1.88. The Morgan fingerprint density at radius 2 is 1.94 bits per heavy atom. The van der Waals surface area contributed by atoms with Gasteiger partial charge in [-0.15, -0.1) is 0 Å². The first-order valence-corrected chi connectivity index (χ1v) is 5.84. The smallest absolute Gasteiger partial charge is 0.275 e. The summed E-state index contributed by atoms with van der Waals surface area (Å²) in [7, 11) is 0. The SMILES string of the molecule is CC(C)c1[nH]n(-c2ccc(F)cc2)c(=O)c1CN. The summed E-state index contributed by atoms with van der Waals surface area (Å²) < 4.78 is 14.3. The second-order valence-electron chi connectivity index (χ2n) is 4.48. The first-order chi connectivity index (χ1) is 8.54. The molecule has 0 amide bonds. The largest absolute Gasteiger partial charge is 0.326 e. The summed E-state index contributed by atoms with van der Waals surface area (Å²) in [5, 5.41) is 3.04. The van der Waals surface area contributed by atoms with Crippen LogP contribution in [0.3, 0.4) is 0 Å². The van der Waals surface area contributed by atoms with Crippen LogP contribution in [0.4, 0.5) is 4.39 Å². The Morgan fingerprint density at radius 3 is 2.39 bits per heavy atom. The third-order valence-corrected chi connectivity index (χ3v) is 2.88. The van der Waals surface area contributed by atoms with Crippen LogP contribution in [-0.2, 0) is 6.54 Å². The van der Waals surface area contributed by atoms with Crippen molar-refractivity contribution in [3.63, 3.8) is 0 Å². The highest BCUT2D eigenvalue weighted by molar-refractivity contribution is 5.33. The fraction of sp³-hybridized carbons (Fsp3) is 0.308. The Bertz CT molecular complexity index is 596. The van der Waals surface area contributed by atoms with Gasteiger partial charge in [0.05, 0.1) is 11.3 Å². The number of halogens is 1. The lowest BCUT2D eigenvalue weighted by Crippen LogP contribution is -2.19. The summed E-state index contributed by atoms with van der Waals surface area (Å²) in [5.74, 6) is -0.153. The number of hydrogen-bond acceptors (Lipinski definition) is 2. The normalized spacial score (nSPS) is 11.2. The number of nitrogens with zero attached hydrogens (tertiary/aromatic N) is 1. The van der Waals surface area contributed by atoms with Crippen LogP contribution in [0.5, 0.6) is 0 Å². The lowest BCUT2D eigenvalue weighted by Gasteiger charge is -2.04. The minimum absolute atomic E-state index is 0.173. The van der Waals surface area contributed by atoms with E-state index in [1.807, 2.05) is 13.8 Å². The molecule has 0 bridgehead atoms. The van der Waals surface area contributed by atoms with E-state index in [2.05, 4.69) is 5.10 Å². The molecular formula is C13H16FN3O. The zero-order valence-electron chi connectivity index (χ0n) is 10.4. The number of hydrogen-bond donors (Lipinski definition) is 2. The molecule has 0 aliphatic heterocycles. The van der Waals surface area contributed by atoms with Crippen LogP contribution in [0.1, 0.15) is 31.0 Å². The van der Waals surface area contributed by atoms with Gasteiger partial charge in [0.15, 0.2) is 0 Å². The van der Waals surface area contributed by atoms with Crippen molar-refractivity contribution in [3.8, 4) is 5.69 Å². The van der Waals surface area contributed by atoms with Crippen LogP contribution >= 0.6 is 0 Å². The Morgan fingerprint density at radius 1 is 1.33 bits per heavy atom. The van der Waals surface area contributed by atoms with Gasteiger partial charge in [0.25, 0.3) is 5.56 Å². The number of H-pyrrole nitrogens is 1. The van der Waals surface area contributed by atoms with Gasteiger partial charge < -0.3 is 5.73 Å². The van der Waals surface area contributed by atoms with Crippen molar-refractivity contribution in [2.45, 2.75) is 26.3 Å². The molecule has 0 atom stereocenters. The molecule has 3 N–H and O–H groups in total. The Kier molecular flexibility index (Phi) is 3.34. The van der Waals surface area contributed by atoms with Crippen molar-refractivity contribution >= 4 is 0 Å². The third kappa shape index (κ3) is 2.09. The third-order valence-electron chi connectivity index (χ3n) is 2.88. The predicted molar refractivity (Wildman–Crippen MR) is 68.3 cm³/mol. The molecular weight excluding hydrogens is 233 g/mol. The highest BCUT2D eigenvalue weighted by Gasteiger charge is 2.16. The number of benzene rings is 1. The number of rotatable bonds is 3. The van der Waals surface area contributed by atoms with Gasteiger partial charge in [-0.3, -0.25) is 9.89 Å². The molecule has 0 saturated heterocycles. The highest BCUT2D eigenvalue weighted by atomic mass is 19.1. The molecule has 0 fully saturated rings. The second-order valence-corrected chi connectivity index (χ2v) is 4.48. The summed E-state index contributed by atoms with van der Waals surface area (Å²) in [5.41, 5.74) is 7.44. The van der Waals surface area contributed by atoms with Gasteiger partial charge in [0, 0.05) is 12.2 Å². The monoisotopic (exact) mass is 249 g/mol. The predicted octanol–water partition coefficient (Wildman–Crippen LogP) is 1.89. The standard InChI is InChI=1S/C13H16FN3O/c1-8(2)12-11(7-15)13(18)17(16-12)10-5-3-9(14)4-6-10/h3-6,8,16H,7,15H2,1-2H3. The highest BCUT2D eigenvalue weighted by Crippen LogP contribution is 2.16. The molecule has 4 nitrogen and oxygen atoms in total. The van der Waals surface area contributed by atoms with Crippen molar-refractivity contribution < 1.29 is 4.39 Å². The quantitative estimate of drug-likeness (QED) is 0.872.